The second-order valence-corrected chi connectivity index (χ2v) is 6.93. The fourth-order valence-corrected chi connectivity index (χ4v) is 3.24. The van der Waals surface area contributed by atoms with Crippen molar-refractivity contribution >= 4 is 22.8 Å². The molecule has 1 aliphatic heterocycles. The number of halogens is 1. The number of hydrogen-bond acceptors (Lipinski definition) is 6. The Kier molecular flexibility index (Phi) is 4.47. The number of nitrogens with one attached hydrogen (secondary N) is 1. The predicted molar refractivity (Wildman–Crippen MR) is 103 cm³/mol. The Morgan fingerprint density at radius 1 is 1.04 bits per heavy atom. The predicted octanol–water partition coefficient (Wildman–Crippen LogP) is 2.30. The first-order chi connectivity index (χ1) is 13.0. The van der Waals surface area contributed by atoms with Crippen LogP contribution in [0.2, 0.25) is 0 Å². The SMILES string of the molecule is CC(C)c1nc(N2CCN(c3cnc4ccccc4n3)CC2)[nH]c(=O)c1F. The summed E-state index contributed by atoms with van der Waals surface area (Å²) in [6, 6.07) is 7.77. The number of nitrogens with zero attached hydrogens (tertiary/aromatic N) is 5. The van der Waals surface area contributed by atoms with E-state index in [0.29, 0.717) is 32.1 Å². The van der Waals surface area contributed by atoms with Crippen LogP contribution in [0.25, 0.3) is 11.0 Å². The maximum atomic E-state index is 14.0. The molecule has 0 radical (unpaired) electrons. The standard InChI is InChI=1S/C19H21FN6O/c1-12(2)17-16(20)18(27)24-19(23-17)26-9-7-25(8-10-26)15-11-21-13-5-3-4-6-14(13)22-15/h3-6,11-12H,7-10H2,1-2H3,(H,23,24,27). The van der Waals surface area contributed by atoms with Crippen molar-refractivity contribution < 1.29 is 4.39 Å². The molecule has 2 aromatic heterocycles. The molecule has 1 aliphatic rings. The third kappa shape index (κ3) is 3.34. The van der Waals surface area contributed by atoms with Gasteiger partial charge in [-0.3, -0.25) is 14.8 Å². The van der Waals surface area contributed by atoms with Gasteiger partial charge in [-0.05, 0) is 18.1 Å². The summed E-state index contributed by atoms with van der Waals surface area (Å²) >= 11 is 0. The fraction of sp³-hybridized carbons (Fsp3) is 0.368. The number of aromatic amines is 1. The second kappa shape index (κ2) is 6.94. The van der Waals surface area contributed by atoms with Crippen LogP contribution in [-0.4, -0.2) is 46.1 Å². The third-order valence-electron chi connectivity index (χ3n) is 4.76. The minimum atomic E-state index is -0.793. The van der Waals surface area contributed by atoms with E-state index < -0.39 is 11.4 Å². The maximum absolute atomic E-state index is 14.0. The molecule has 3 aromatic rings. The lowest BCUT2D eigenvalue weighted by molar-refractivity contribution is 0.557. The lowest BCUT2D eigenvalue weighted by Gasteiger charge is -2.35. The molecule has 0 atom stereocenters. The molecule has 7 nitrogen and oxygen atoms in total. The molecule has 0 aliphatic carbocycles. The Hall–Kier alpha value is -3.03. The van der Waals surface area contributed by atoms with Gasteiger partial charge in [0.05, 0.1) is 22.9 Å². The number of H-pyrrole nitrogens is 1. The molecule has 0 bridgehead atoms. The van der Waals surface area contributed by atoms with Crippen LogP contribution in [0.3, 0.4) is 0 Å². The highest BCUT2D eigenvalue weighted by Crippen LogP contribution is 2.20. The minimum Gasteiger partial charge on any atom is -0.352 e. The zero-order valence-electron chi connectivity index (χ0n) is 15.3. The monoisotopic (exact) mass is 368 g/mol. The molecular weight excluding hydrogens is 347 g/mol. The Balaban J connectivity index is 1.52. The second-order valence-electron chi connectivity index (χ2n) is 6.93. The first-order valence-corrected chi connectivity index (χ1v) is 9.04. The van der Waals surface area contributed by atoms with Crippen LogP contribution < -0.4 is 15.4 Å². The van der Waals surface area contributed by atoms with E-state index in [9.17, 15) is 9.18 Å². The molecule has 1 aromatic carbocycles. The van der Waals surface area contributed by atoms with E-state index in [0.717, 1.165) is 16.9 Å². The Morgan fingerprint density at radius 3 is 2.41 bits per heavy atom. The van der Waals surface area contributed by atoms with Crippen LogP contribution in [0.5, 0.6) is 0 Å². The quantitative estimate of drug-likeness (QED) is 0.764. The van der Waals surface area contributed by atoms with E-state index in [2.05, 4.69) is 24.8 Å². The van der Waals surface area contributed by atoms with Crippen LogP contribution in [0, 0.1) is 5.82 Å². The molecule has 3 heterocycles. The van der Waals surface area contributed by atoms with Gasteiger partial charge in [0.15, 0.2) is 0 Å². The van der Waals surface area contributed by atoms with Gasteiger partial charge >= 0.3 is 0 Å². The summed E-state index contributed by atoms with van der Waals surface area (Å²) in [5, 5.41) is 0. The smallest absolute Gasteiger partial charge is 0.288 e. The van der Waals surface area contributed by atoms with Crippen LogP contribution in [0.4, 0.5) is 16.2 Å². The summed E-state index contributed by atoms with van der Waals surface area (Å²) in [6.07, 6.45) is 1.78. The summed E-state index contributed by atoms with van der Waals surface area (Å²) in [6.45, 7) is 6.38. The van der Waals surface area contributed by atoms with Crippen molar-refractivity contribution in [2.45, 2.75) is 19.8 Å². The first-order valence-electron chi connectivity index (χ1n) is 9.04. The maximum Gasteiger partial charge on any atom is 0.288 e. The number of fused-ring (bicyclic) bond motifs is 1. The van der Waals surface area contributed by atoms with E-state index in [-0.39, 0.29) is 11.6 Å². The van der Waals surface area contributed by atoms with Crippen LogP contribution in [0.1, 0.15) is 25.5 Å². The fourth-order valence-electron chi connectivity index (χ4n) is 3.24. The lowest BCUT2D eigenvalue weighted by Crippen LogP contribution is -2.48. The first kappa shape index (κ1) is 17.4. The molecule has 1 saturated heterocycles. The average Bonchev–Trinajstić information content (AvgIpc) is 2.69. The number of hydrogen-bond donors (Lipinski definition) is 1. The van der Waals surface area contributed by atoms with E-state index in [1.807, 2.05) is 43.0 Å². The van der Waals surface area contributed by atoms with Crippen LogP contribution in [-0.2, 0) is 0 Å². The number of rotatable bonds is 3. The van der Waals surface area contributed by atoms with Gasteiger partial charge in [-0.25, -0.2) is 9.97 Å². The molecular formula is C19H21FN6O. The molecule has 4 rings (SSSR count). The highest BCUT2D eigenvalue weighted by atomic mass is 19.1. The van der Waals surface area contributed by atoms with Gasteiger partial charge < -0.3 is 9.80 Å². The van der Waals surface area contributed by atoms with E-state index in [4.69, 9.17) is 0 Å². The number of anilines is 2. The molecule has 0 amide bonds. The number of para-hydroxylation sites is 2. The average molecular weight is 368 g/mol. The summed E-state index contributed by atoms with van der Waals surface area (Å²) in [4.78, 5) is 32.1. The Bertz CT molecular complexity index is 1030. The molecule has 0 unspecified atom stereocenters. The van der Waals surface area contributed by atoms with Gasteiger partial charge in [0, 0.05) is 26.2 Å². The summed E-state index contributed by atoms with van der Waals surface area (Å²) < 4.78 is 14.0. The number of benzene rings is 1. The summed E-state index contributed by atoms with van der Waals surface area (Å²) in [5.74, 6) is 0.310. The lowest BCUT2D eigenvalue weighted by atomic mass is 10.1. The van der Waals surface area contributed by atoms with Crippen molar-refractivity contribution in [1.29, 1.82) is 0 Å². The van der Waals surface area contributed by atoms with Gasteiger partial charge in [-0.2, -0.15) is 4.39 Å². The molecule has 0 saturated carbocycles. The van der Waals surface area contributed by atoms with E-state index >= 15 is 0 Å². The summed E-state index contributed by atoms with van der Waals surface area (Å²) in [5.41, 5.74) is 1.22. The van der Waals surface area contributed by atoms with Crippen molar-refractivity contribution in [3.8, 4) is 0 Å². The van der Waals surface area contributed by atoms with Gasteiger partial charge in [0.2, 0.25) is 11.8 Å². The largest absolute Gasteiger partial charge is 0.352 e. The minimum absolute atomic E-state index is 0.153. The van der Waals surface area contributed by atoms with Crippen molar-refractivity contribution in [2.24, 2.45) is 0 Å². The zero-order chi connectivity index (χ0) is 19.0. The van der Waals surface area contributed by atoms with Gasteiger partial charge in [-0.1, -0.05) is 26.0 Å². The van der Waals surface area contributed by atoms with Gasteiger partial charge in [0.25, 0.3) is 5.56 Å². The molecule has 8 heteroatoms. The molecule has 0 spiro atoms. The van der Waals surface area contributed by atoms with Crippen molar-refractivity contribution in [3.63, 3.8) is 0 Å². The molecule has 140 valence electrons. The molecule has 1 fully saturated rings. The number of piperazine rings is 1. The third-order valence-corrected chi connectivity index (χ3v) is 4.76. The topological polar surface area (TPSA) is 78.0 Å². The summed E-state index contributed by atoms with van der Waals surface area (Å²) in [7, 11) is 0. The number of aromatic nitrogens is 4. The van der Waals surface area contributed by atoms with E-state index in [1.54, 1.807) is 6.20 Å². The van der Waals surface area contributed by atoms with Crippen molar-refractivity contribution in [2.75, 3.05) is 36.0 Å². The Morgan fingerprint density at radius 2 is 1.70 bits per heavy atom. The van der Waals surface area contributed by atoms with Gasteiger partial charge in [-0.15, -0.1) is 0 Å². The zero-order valence-corrected chi connectivity index (χ0v) is 15.3. The molecule has 1 N–H and O–H groups in total. The van der Waals surface area contributed by atoms with Crippen LogP contribution in [0.15, 0.2) is 35.3 Å². The molecule has 27 heavy (non-hydrogen) atoms. The highest BCUT2D eigenvalue weighted by molar-refractivity contribution is 5.75. The highest BCUT2D eigenvalue weighted by Gasteiger charge is 2.22. The van der Waals surface area contributed by atoms with Crippen molar-refractivity contribution in [1.82, 2.24) is 19.9 Å². The van der Waals surface area contributed by atoms with Crippen LogP contribution >= 0.6 is 0 Å². The van der Waals surface area contributed by atoms with Gasteiger partial charge in [0.1, 0.15) is 5.82 Å². The van der Waals surface area contributed by atoms with E-state index in [1.165, 1.54) is 0 Å². The normalized spacial score (nSPS) is 15.0. The Labute approximate surface area is 155 Å². The van der Waals surface area contributed by atoms with Crippen molar-refractivity contribution in [3.05, 3.63) is 52.3 Å².